The molecule has 1 unspecified atom stereocenters. The van der Waals surface area contributed by atoms with E-state index in [2.05, 4.69) is 19.9 Å². The Hall–Kier alpha value is -5.19. The van der Waals surface area contributed by atoms with Gasteiger partial charge in [0.15, 0.2) is 0 Å². The van der Waals surface area contributed by atoms with Crippen molar-refractivity contribution in [2.75, 3.05) is 14.2 Å². The summed E-state index contributed by atoms with van der Waals surface area (Å²) in [5.74, 6) is 0.119. The van der Waals surface area contributed by atoms with Gasteiger partial charge in [-0.25, -0.2) is 19.9 Å². The van der Waals surface area contributed by atoms with Crippen LogP contribution in [-0.4, -0.2) is 45.0 Å². The highest BCUT2D eigenvalue weighted by molar-refractivity contribution is 6.19. The number of aliphatic hydroxyl groups excluding tert-OH is 1. The number of benzene rings is 2. The third-order valence-corrected chi connectivity index (χ3v) is 5.76. The van der Waals surface area contributed by atoms with Gasteiger partial charge in [0.25, 0.3) is 11.8 Å². The molecule has 0 radical (unpaired) electrons. The third-order valence-electron chi connectivity index (χ3n) is 5.76. The van der Waals surface area contributed by atoms with Crippen LogP contribution in [0.3, 0.4) is 0 Å². The predicted octanol–water partition coefficient (Wildman–Crippen LogP) is 2.99. The second-order valence-corrected chi connectivity index (χ2v) is 7.68. The molecule has 2 aliphatic rings. The first kappa shape index (κ1) is 22.6. The minimum Gasteiger partial charge on any atom is -0.479 e. The maximum Gasteiger partial charge on any atom is 0.251 e. The van der Waals surface area contributed by atoms with Crippen molar-refractivity contribution >= 4 is 5.78 Å². The van der Waals surface area contributed by atoms with Gasteiger partial charge in [-0.1, -0.05) is 48.5 Å². The van der Waals surface area contributed by atoms with Crippen molar-refractivity contribution in [2.24, 2.45) is 0 Å². The van der Waals surface area contributed by atoms with Crippen LogP contribution in [0.5, 0.6) is 11.8 Å². The maximum atomic E-state index is 12.1. The van der Waals surface area contributed by atoms with Gasteiger partial charge in [0, 0.05) is 16.7 Å². The number of fused-ring (bicyclic) bond motifs is 6. The van der Waals surface area contributed by atoms with Crippen molar-refractivity contribution < 1.29 is 19.4 Å². The molecule has 0 bridgehead atoms. The van der Waals surface area contributed by atoms with Crippen LogP contribution in [0, 0.1) is 22.7 Å². The van der Waals surface area contributed by atoms with Crippen molar-refractivity contribution in [1.29, 1.82) is 10.5 Å². The zero-order valence-electron chi connectivity index (χ0n) is 19.1. The molecule has 10 nitrogen and oxygen atoms in total. The van der Waals surface area contributed by atoms with Gasteiger partial charge >= 0.3 is 0 Å². The summed E-state index contributed by atoms with van der Waals surface area (Å²) in [5.41, 5.74) is 4.67. The number of methoxy groups -OCH3 is 2. The number of nitrogens with zero attached hydrogens (tertiary/aromatic N) is 6. The van der Waals surface area contributed by atoms with Crippen LogP contribution in [0.2, 0.25) is 0 Å². The Morgan fingerprint density at radius 2 is 1.31 bits per heavy atom. The molecule has 2 aromatic carbocycles. The second kappa shape index (κ2) is 8.87. The lowest BCUT2D eigenvalue weighted by atomic mass is 10.1. The van der Waals surface area contributed by atoms with Crippen molar-refractivity contribution in [3.8, 4) is 46.4 Å². The minimum absolute atomic E-state index is 0.0254. The van der Waals surface area contributed by atoms with E-state index >= 15 is 0 Å². The number of aromatic nitrogens is 4. The Balaban J connectivity index is 0.000000148. The molecule has 6 rings (SSSR count). The van der Waals surface area contributed by atoms with E-state index in [0.29, 0.717) is 22.6 Å². The Labute approximate surface area is 205 Å². The van der Waals surface area contributed by atoms with Crippen molar-refractivity contribution in [1.82, 2.24) is 19.9 Å². The number of carbonyl (C=O) groups excluding carboxylic acids is 1. The van der Waals surface area contributed by atoms with Gasteiger partial charge in [-0.2, -0.15) is 10.5 Å². The van der Waals surface area contributed by atoms with E-state index in [1.807, 2.05) is 42.5 Å². The lowest BCUT2D eigenvalue weighted by molar-refractivity contribution is 0.103. The number of carbonyl (C=O) groups is 1. The largest absolute Gasteiger partial charge is 0.479 e. The first-order valence-corrected chi connectivity index (χ1v) is 10.7. The zero-order valence-corrected chi connectivity index (χ0v) is 19.1. The van der Waals surface area contributed by atoms with Crippen LogP contribution in [0.4, 0.5) is 0 Å². The van der Waals surface area contributed by atoms with Gasteiger partial charge in [-0.05, 0) is 5.56 Å². The van der Waals surface area contributed by atoms with Crippen LogP contribution >= 0.6 is 0 Å². The Kier molecular flexibility index (Phi) is 5.57. The van der Waals surface area contributed by atoms with E-state index in [1.54, 1.807) is 18.2 Å². The molecule has 0 amide bonds. The molecule has 0 aliphatic heterocycles. The topological polar surface area (TPSA) is 155 Å². The Morgan fingerprint density at radius 3 is 1.94 bits per heavy atom. The summed E-state index contributed by atoms with van der Waals surface area (Å²) in [6, 6.07) is 18.3. The van der Waals surface area contributed by atoms with Crippen LogP contribution in [0.1, 0.15) is 44.8 Å². The molecule has 0 spiro atoms. The highest BCUT2D eigenvalue weighted by Crippen LogP contribution is 2.42. The summed E-state index contributed by atoms with van der Waals surface area (Å²) in [7, 11) is 2.86. The van der Waals surface area contributed by atoms with Crippen LogP contribution in [-0.2, 0) is 0 Å². The molecule has 4 aromatic rings. The molecule has 0 saturated heterocycles. The van der Waals surface area contributed by atoms with E-state index in [-0.39, 0.29) is 34.6 Å². The Morgan fingerprint density at radius 1 is 0.750 bits per heavy atom. The van der Waals surface area contributed by atoms with Crippen LogP contribution in [0.15, 0.2) is 48.5 Å². The predicted molar refractivity (Wildman–Crippen MR) is 125 cm³/mol. The highest BCUT2D eigenvalue weighted by Gasteiger charge is 2.32. The van der Waals surface area contributed by atoms with Gasteiger partial charge in [0.05, 0.1) is 19.9 Å². The SMILES string of the molecule is COc1nc2c(nc1C#N)C(=O)c1ccccc1-2.COc1nc2c(nc1C#N)C(O)c1ccccc1-2. The number of rotatable bonds is 2. The van der Waals surface area contributed by atoms with Gasteiger partial charge < -0.3 is 14.6 Å². The number of nitriles is 2. The average Bonchev–Trinajstić information content (AvgIpc) is 3.37. The lowest BCUT2D eigenvalue weighted by Crippen LogP contribution is -2.03. The molecule has 1 N–H and O–H groups in total. The molecule has 2 heterocycles. The first-order chi connectivity index (χ1) is 17.5. The molecule has 174 valence electrons. The molecule has 36 heavy (non-hydrogen) atoms. The number of ketones is 1. The van der Waals surface area contributed by atoms with E-state index in [0.717, 1.165) is 16.7 Å². The fourth-order valence-corrected chi connectivity index (χ4v) is 4.13. The monoisotopic (exact) mass is 476 g/mol. The van der Waals surface area contributed by atoms with Gasteiger partial charge in [0.1, 0.15) is 35.3 Å². The Bertz CT molecular complexity index is 1640. The van der Waals surface area contributed by atoms with Crippen LogP contribution in [0.25, 0.3) is 22.5 Å². The van der Waals surface area contributed by atoms with E-state index in [9.17, 15) is 9.90 Å². The van der Waals surface area contributed by atoms with Gasteiger partial charge in [-0.3, -0.25) is 4.79 Å². The standard InChI is InChI=1S/C13H9N3O2.C13H7N3O2/c2*1-18-13-9(6-14)15-11-10(16-13)7-4-2-3-5-8(7)12(11)17/h2-5,12,17H,1H3;2-5H,1H3. The molecular weight excluding hydrogens is 460 g/mol. The molecular formula is C26H16N6O4. The lowest BCUT2D eigenvalue weighted by Gasteiger charge is -2.06. The summed E-state index contributed by atoms with van der Waals surface area (Å²) in [6.45, 7) is 0. The van der Waals surface area contributed by atoms with Gasteiger partial charge in [-0.15, -0.1) is 0 Å². The molecule has 2 aromatic heterocycles. The third kappa shape index (κ3) is 3.41. The first-order valence-electron chi connectivity index (χ1n) is 10.7. The van der Waals surface area contributed by atoms with Crippen molar-refractivity contribution in [3.05, 3.63) is 82.4 Å². The minimum atomic E-state index is -0.832. The summed E-state index contributed by atoms with van der Waals surface area (Å²) in [6.07, 6.45) is -0.832. The number of ether oxygens (including phenoxy) is 2. The molecule has 10 heteroatoms. The summed E-state index contributed by atoms with van der Waals surface area (Å²) in [5, 5.41) is 28.1. The average molecular weight is 476 g/mol. The summed E-state index contributed by atoms with van der Waals surface area (Å²) in [4.78, 5) is 28.8. The van der Waals surface area contributed by atoms with E-state index < -0.39 is 6.10 Å². The number of hydrogen-bond acceptors (Lipinski definition) is 10. The zero-order chi connectivity index (χ0) is 25.4. The summed E-state index contributed by atoms with van der Waals surface area (Å²) < 4.78 is 10.0. The number of aliphatic hydroxyl groups is 1. The van der Waals surface area contributed by atoms with E-state index in [1.165, 1.54) is 14.2 Å². The number of hydrogen-bond donors (Lipinski definition) is 1. The van der Waals surface area contributed by atoms with Crippen molar-refractivity contribution in [3.63, 3.8) is 0 Å². The maximum absolute atomic E-state index is 12.1. The molecule has 1 atom stereocenters. The normalized spacial score (nSPS) is 13.7. The summed E-state index contributed by atoms with van der Waals surface area (Å²) >= 11 is 0. The fourth-order valence-electron chi connectivity index (χ4n) is 4.13. The smallest absolute Gasteiger partial charge is 0.251 e. The van der Waals surface area contributed by atoms with Crippen molar-refractivity contribution in [2.45, 2.75) is 6.10 Å². The molecule has 2 aliphatic carbocycles. The van der Waals surface area contributed by atoms with E-state index in [4.69, 9.17) is 20.0 Å². The highest BCUT2D eigenvalue weighted by atomic mass is 16.5. The quantitative estimate of drug-likeness (QED) is 0.402. The molecule has 0 fully saturated rings. The van der Waals surface area contributed by atoms with Crippen LogP contribution < -0.4 is 9.47 Å². The van der Waals surface area contributed by atoms with Gasteiger partial charge in [0.2, 0.25) is 17.2 Å². The molecule has 0 saturated carbocycles. The second-order valence-electron chi connectivity index (χ2n) is 7.68. The fraction of sp³-hybridized carbons (Fsp3) is 0.115.